The van der Waals surface area contributed by atoms with Gasteiger partial charge < -0.3 is 19.9 Å². The molecule has 34 heavy (non-hydrogen) atoms. The van der Waals surface area contributed by atoms with Crippen LogP contribution in [0.5, 0.6) is 5.75 Å². The molecule has 2 N–H and O–H groups in total. The van der Waals surface area contributed by atoms with E-state index in [1.54, 1.807) is 37.5 Å². The number of aryl methyl sites for hydroxylation is 2. The van der Waals surface area contributed by atoms with Crippen molar-refractivity contribution in [1.29, 1.82) is 0 Å². The van der Waals surface area contributed by atoms with Crippen molar-refractivity contribution in [2.75, 3.05) is 18.2 Å². The molecule has 0 atom stereocenters. The number of rotatable bonds is 10. The SMILES string of the molecule is C=CCn1c(CNC(=O)c2ccc(OC)cc2)nnc1SCC(=O)Nc1cc(C)c(C)cc1Br. The fourth-order valence-corrected chi connectivity index (χ4v) is 4.39. The van der Waals surface area contributed by atoms with Gasteiger partial charge in [0, 0.05) is 16.6 Å². The molecular weight excluding hydrogens is 518 g/mol. The number of carbonyl (C=O) groups excluding carboxylic acids is 2. The van der Waals surface area contributed by atoms with Gasteiger partial charge in [0.25, 0.3) is 5.91 Å². The molecule has 0 fully saturated rings. The van der Waals surface area contributed by atoms with Crippen molar-refractivity contribution < 1.29 is 14.3 Å². The lowest BCUT2D eigenvalue weighted by Gasteiger charge is -2.11. The van der Waals surface area contributed by atoms with E-state index in [0.717, 1.165) is 21.3 Å². The van der Waals surface area contributed by atoms with E-state index in [1.807, 2.05) is 30.5 Å². The first-order chi connectivity index (χ1) is 16.3. The van der Waals surface area contributed by atoms with Crippen LogP contribution >= 0.6 is 27.7 Å². The van der Waals surface area contributed by atoms with Crippen LogP contribution in [-0.4, -0.2) is 39.4 Å². The van der Waals surface area contributed by atoms with E-state index < -0.39 is 0 Å². The fraction of sp³-hybridized carbons (Fsp3) is 0.250. The Morgan fingerprint density at radius 2 is 1.88 bits per heavy atom. The molecule has 0 aliphatic carbocycles. The van der Waals surface area contributed by atoms with E-state index in [0.29, 0.717) is 28.8 Å². The number of nitrogens with zero attached hydrogens (tertiary/aromatic N) is 3. The first kappa shape index (κ1) is 25.5. The van der Waals surface area contributed by atoms with Crippen LogP contribution in [0.4, 0.5) is 5.69 Å². The number of ether oxygens (including phenoxy) is 1. The predicted molar refractivity (Wildman–Crippen MR) is 137 cm³/mol. The lowest BCUT2D eigenvalue weighted by molar-refractivity contribution is -0.113. The standard InChI is InChI=1S/C24H26BrN5O3S/c1-5-10-30-21(13-26-23(32)17-6-8-18(33-4)9-7-17)28-29-24(30)34-14-22(31)27-20-12-16(3)15(2)11-19(20)25/h5-9,11-12H,1,10,13-14H2,2-4H3,(H,26,32)(H,27,31). The minimum absolute atomic E-state index is 0.156. The summed E-state index contributed by atoms with van der Waals surface area (Å²) in [4.78, 5) is 25.0. The summed E-state index contributed by atoms with van der Waals surface area (Å²) in [6.45, 7) is 8.44. The number of nitrogens with one attached hydrogen (secondary N) is 2. The van der Waals surface area contributed by atoms with Gasteiger partial charge >= 0.3 is 0 Å². The summed E-state index contributed by atoms with van der Waals surface area (Å²) in [5.74, 6) is 1.02. The third kappa shape index (κ3) is 6.48. The van der Waals surface area contributed by atoms with Crippen molar-refractivity contribution >= 4 is 45.2 Å². The number of benzene rings is 2. The molecule has 3 rings (SSSR count). The molecule has 1 heterocycles. The Kier molecular flexibility index (Phi) is 8.89. The Balaban J connectivity index is 1.61. The van der Waals surface area contributed by atoms with Crippen LogP contribution < -0.4 is 15.4 Å². The summed E-state index contributed by atoms with van der Waals surface area (Å²) in [7, 11) is 1.57. The lowest BCUT2D eigenvalue weighted by Crippen LogP contribution is -2.24. The molecule has 0 spiro atoms. The normalized spacial score (nSPS) is 10.6. The minimum Gasteiger partial charge on any atom is -0.497 e. The Labute approximate surface area is 211 Å². The van der Waals surface area contributed by atoms with Gasteiger partial charge in [0.15, 0.2) is 11.0 Å². The summed E-state index contributed by atoms with van der Waals surface area (Å²) >= 11 is 4.77. The third-order valence-corrected chi connectivity index (χ3v) is 6.68. The Hall–Kier alpha value is -3.11. The Morgan fingerprint density at radius 1 is 1.18 bits per heavy atom. The second-order valence-corrected chi connectivity index (χ2v) is 9.26. The van der Waals surface area contributed by atoms with E-state index in [-0.39, 0.29) is 24.1 Å². The van der Waals surface area contributed by atoms with Crippen molar-refractivity contribution in [1.82, 2.24) is 20.1 Å². The molecule has 3 aromatic rings. The average Bonchev–Trinajstić information content (AvgIpc) is 3.21. The van der Waals surface area contributed by atoms with Crippen LogP contribution in [0.25, 0.3) is 0 Å². The van der Waals surface area contributed by atoms with Gasteiger partial charge in [-0.1, -0.05) is 17.8 Å². The molecule has 0 saturated carbocycles. The van der Waals surface area contributed by atoms with Gasteiger partial charge in [0.1, 0.15) is 5.75 Å². The topological polar surface area (TPSA) is 98.1 Å². The molecule has 0 bridgehead atoms. The zero-order valence-electron chi connectivity index (χ0n) is 19.2. The molecule has 0 radical (unpaired) electrons. The maximum atomic E-state index is 12.5. The van der Waals surface area contributed by atoms with Gasteiger partial charge in [-0.15, -0.1) is 16.8 Å². The molecule has 178 valence electrons. The highest BCUT2D eigenvalue weighted by Crippen LogP contribution is 2.26. The molecule has 2 amide bonds. The number of hydrogen-bond donors (Lipinski definition) is 2. The summed E-state index contributed by atoms with van der Waals surface area (Å²) in [5.41, 5.74) is 3.48. The van der Waals surface area contributed by atoms with Crippen LogP contribution in [-0.2, 0) is 17.9 Å². The fourth-order valence-electron chi connectivity index (χ4n) is 3.07. The van der Waals surface area contributed by atoms with Crippen molar-refractivity contribution in [2.45, 2.75) is 32.1 Å². The van der Waals surface area contributed by atoms with Crippen molar-refractivity contribution in [3.8, 4) is 5.75 Å². The molecule has 0 aliphatic heterocycles. The second-order valence-electron chi connectivity index (χ2n) is 7.46. The smallest absolute Gasteiger partial charge is 0.251 e. The molecule has 1 aromatic heterocycles. The maximum absolute atomic E-state index is 12.5. The highest BCUT2D eigenvalue weighted by atomic mass is 79.9. The van der Waals surface area contributed by atoms with Gasteiger partial charge in [-0.2, -0.15) is 0 Å². The monoisotopic (exact) mass is 543 g/mol. The van der Waals surface area contributed by atoms with Gasteiger partial charge in [-0.25, -0.2) is 0 Å². The highest BCUT2D eigenvalue weighted by molar-refractivity contribution is 9.10. The molecule has 10 heteroatoms. The van der Waals surface area contributed by atoms with Gasteiger partial charge in [0.05, 0.1) is 25.1 Å². The van der Waals surface area contributed by atoms with Gasteiger partial charge in [-0.05, 0) is 77.3 Å². The molecule has 8 nitrogen and oxygen atoms in total. The quantitative estimate of drug-likeness (QED) is 0.288. The largest absolute Gasteiger partial charge is 0.497 e. The van der Waals surface area contributed by atoms with Crippen molar-refractivity contribution in [2.24, 2.45) is 0 Å². The van der Waals surface area contributed by atoms with Gasteiger partial charge in [-0.3, -0.25) is 9.59 Å². The van der Waals surface area contributed by atoms with Crippen LogP contribution in [0.2, 0.25) is 0 Å². The number of carbonyl (C=O) groups is 2. The predicted octanol–water partition coefficient (Wildman–Crippen LogP) is 4.51. The summed E-state index contributed by atoms with van der Waals surface area (Å²) in [6.07, 6.45) is 1.72. The zero-order valence-corrected chi connectivity index (χ0v) is 21.6. The number of anilines is 1. The van der Waals surface area contributed by atoms with Crippen molar-refractivity contribution in [3.63, 3.8) is 0 Å². The van der Waals surface area contributed by atoms with E-state index in [4.69, 9.17) is 4.74 Å². The van der Waals surface area contributed by atoms with Crippen LogP contribution in [0.3, 0.4) is 0 Å². The highest BCUT2D eigenvalue weighted by Gasteiger charge is 2.16. The molecule has 0 aliphatic rings. The van der Waals surface area contributed by atoms with E-state index in [9.17, 15) is 9.59 Å². The number of halogens is 1. The number of aromatic nitrogens is 3. The van der Waals surface area contributed by atoms with Gasteiger partial charge in [0.2, 0.25) is 5.91 Å². The first-order valence-corrected chi connectivity index (χ1v) is 12.2. The second kappa shape index (κ2) is 11.8. The van der Waals surface area contributed by atoms with Crippen LogP contribution in [0.15, 0.2) is 58.7 Å². The van der Waals surface area contributed by atoms with Crippen LogP contribution in [0.1, 0.15) is 27.3 Å². The molecular formula is C24H26BrN5O3S. The van der Waals surface area contributed by atoms with E-state index >= 15 is 0 Å². The van der Waals surface area contributed by atoms with E-state index in [2.05, 4.69) is 43.3 Å². The van der Waals surface area contributed by atoms with Crippen LogP contribution in [0, 0.1) is 13.8 Å². The minimum atomic E-state index is -0.233. The molecule has 0 unspecified atom stereocenters. The number of thioether (sulfide) groups is 1. The number of hydrogen-bond acceptors (Lipinski definition) is 6. The molecule has 0 saturated heterocycles. The summed E-state index contributed by atoms with van der Waals surface area (Å²) in [5, 5.41) is 14.7. The Morgan fingerprint density at radius 3 is 2.56 bits per heavy atom. The van der Waals surface area contributed by atoms with Crippen molar-refractivity contribution in [3.05, 3.63) is 76.0 Å². The zero-order chi connectivity index (χ0) is 24.7. The first-order valence-electron chi connectivity index (χ1n) is 10.5. The lowest BCUT2D eigenvalue weighted by atomic mass is 10.1. The summed E-state index contributed by atoms with van der Waals surface area (Å²) < 4.78 is 7.77. The maximum Gasteiger partial charge on any atom is 0.251 e. The average molecular weight is 544 g/mol. The number of allylic oxidation sites excluding steroid dienone is 1. The third-order valence-electron chi connectivity index (χ3n) is 5.05. The Bertz CT molecular complexity index is 1190. The molecule has 2 aromatic carbocycles. The number of methoxy groups -OCH3 is 1. The summed E-state index contributed by atoms with van der Waals surface area (Å²) in [6, 6.07) is 10.8. The number of amides is 2. The van der Waals surface area contributed by atoms with E-state index in [1.165, 1.54) is 11.8 Å².